The second-order valence-corrected chi connectivity index (χ2v) is 6.86. The summed E-state index contributed by atoms with van der Waals surface area (Å²) in [6.45, 7) is 9.85. The molecule has 0 unspecified atom stereocenters. The zero-order valence-corrected chi connectivity index (χ0v) is 15.1. The van der Waals surface area contributed by atoms with Gasteiger partial charge in [0.15, 0.2) is 0 Å². The second-order valence-electron chi connectivity index (χ2n) is 6.86. The zero-order chi connectivity index (χ0) is 17.7. The van der Waals surface area contributed by atoms with Crippen LogP contribution in [0.2, 0.25) is 0 Å². The van der Waals surface area contributed by atoms with E-state index in [9.17, 15) is 9.59 Å². The third-order valence-corrected chi connectivity index (χ3v) is 4.77. The molecule has 0 aliphatic carbocycles. The maximum atomic E-state index is 12.2. The molecule has 0 saturated carbocycles. The van der Waals surface area contributed by atoms with E-state index in [1.807, 2.05) is 0 Å². The average Bonchev–Trinajstić information content (AvgIpc) is 3.00. The van der Waals surface area contributed by atoms with E-state index in [2.05, 4.69) is 62.6 Å². The van der Waals surface area contributed by atoms with Crippen molar-refractivity contribution in [3.05, 3.63) is 35.4 Å². The van der Waals surface area contributed by atoms with Crippen LogP contribution in [0, 0.1) is 5.92 Å². The van der Waals surface area contributed by atoms with Crippen molar-refractivity contribution < 1.29 is 9.59 Å². The molecule has 1 saturated heterocycles. The fraction of sp³-hybridized carbons (Fsp3) is 0.579. The lowest BCUT2D eigenvalue weighted by atomic mass is 9.92. The Bertz CT molecular complexity index is 568. The lowest BCUT2D eigenvalue weighted by Crippen LogP contribution is -2.41. The SMILES string of the molecule is CC[C@H](C)c1ccc([C@@H](NCC(=O)N2CCNC2=O)C(C)C)cc1. The number of nitrogens with one attached hydrogen (secondary N) is 2. The van der Waals surface area contributed by atoms with Gasteiger partial charge in [0.25, 0.3) is 0 Å². The van der Waals surface area contributed by atoms with Gasteiger partial charge in [0, 0.05) is 19.1 Å². The topological polar surface area (TPSA) is 61.4 Å². The van der Waals surface area contributed by atoms with Crippen molar-refractivity contribution in [2.24, 2.45) is 5.92 Å². The summed E-state index contributed by atoms with van der Waals surface area (Å²) in [7, 11) is 0. The van der Waals surface area contributed by atoms with Gasteiger partial charge in [0.1, 0.15) is 0 Å². The Morgan fingerprint density at radius 1 is 1.21 bits per heavy atom. The number of amides is 3. The van der Waals surface area contributed by atoms with Gasteiger partial charge in [-0.15, -0.1) is 0 Å². The zero-order valence-electron chi connectivity index (χ0n) is 15.1. The van der Waals surface area contributed by atoms with Crippen LogP contribution in [0.4, 0.5) is 4.79 Å². The molecule has 0 radical (unpaired) electrons. The van der Waals surface area contributed by atoms with Crippen molar-refractivity contribution in [3.63, 3.8) is 0 Å². The van der Waals surface area contributed by atoms with Crippen molar-refractivity contribution >= 4 is 11.9 Å². The Labute approximate surface area is 144 Å². The van der Waals surface area contributed by atoms with Gasteiger partial charge in [-0.1, -0.05) is 52.0 Å². The van der Waals surface area contributed by atoms with Gasteiger partial charge in [0.2, 0.25) is 5.91 Å². The molecule has 1 heterocycles. The molecule has 1 aliphatic rings. The fourth-order valence-electron chi connectivity index (χ4n) is 3.01. The van der Waals surface area contributed by atoms with Gasteiger partial charge in [-0.25, -0.2) is 4.79 Å². The Morgan fingerprint density at radius 3 is 2.33 bits per heavy atom. The van der Waals surface area contributed by atoms with Crippen molar-refractivity contribution in [2.75, 3.05) is 19.6 Å². The standard InChI is InChI=1S/C19H29N3O2/c1-5-14(4)15-6-8-16(9-7-15)18(13(2)3)21-12-17(23)22-11-10-20-19(22)24/h6-9,13-14,18,21H,5,10-12H2,1-4H3,(H,20,24)/t14-,18-/m0/s1. The van der Waals surface area contributed by atoms with Gasteiger partial charge < -0.3 is 10.6 Å². The number of hydrogen-bond donors (Lipinski definition) is 2. The minimum Gasteiger partial charge on any atom is -0.336 e. The summed E-state index contributed by atoms with van der Waals surface area (Å²) < 4.78 is 0. The number of hydrogen-bond acceptors (Lipinski definition) is 3. The van der Waals surface area contributed by atoms with E-state index >= 15 is 0 Å². The normalized spacial score (nSPS) is 17.0. The number of carbonyl (C=O) groups excluding carboxylic acids is 2. The minimum absolute atomic E-state index is 0.0885. The minimum atomic E-state index is -0.291. The molecule has 2 rings (SSSR count). The quantitative estimate of drug-likeness (QED) is 0.807. The van der Waals surface area contributed by atoms with Gasteiger partial charge in [0.05, 0.1) is 6.54 Å². The highest BCUT2D eigenvalue weighted by Crippen LogP contribution is 2.25. The van der Waals surface area contributed by atoms with Crippen LogP contribution in [0.25, 0.3) is 0 Å². The Balaban J connectivity index is 2.01. The predicted molar refractivity (Wildman–Crippen MR) is 95.8 cm³/mol. The van der Waals surface area contributed by atoms with Gasteiger partial charge in [-0.05, 0) is 29.4 Å². The number of imide groups is 1. The molecule has 3 amide bonds. The highest BCUT2D eigenvalue weighted by atomic mass is 16.2. The number of urea groups is 1. The maximum absolute atomic E-state index is 12.2. The molecular weight excluding hydrogens is 302 g/mol. The molecule has 5 nitrogen and oxygen atoms in total. The lowest BCUT2D eigenvalue weighted by molar-refractivity contribution is -0.126. The van der Waals surface area contributed by atoms with Crippen molar-refractivity contribution in [2.45, 2.75) is 46.1 Å². The third-order valence-electron chi connectivity index (χ3n) is 4.77. The number of nitrogens with zero attached hydrogens (tertiary/aromatic N) is 1. The van der Waals surface area contributed by atoms with Crippen molar-refractivity contribution in [3.8, 4) is 0 Å². The summed E-state index contributed by atoms with van der Waals surface area (Å²) in [6, 6.07) is 8.44. The molecule has 2 atom stereocenters. The van der Waals surface area contributed by atoms with Crippen LogP contribution in [0.5, 0.6) is 0 Å². The molecular formula is C19H29N3O2. The number of rotatable bonds is 7. The first-order chi connectivity index (χ1) is 11.4. The molecule has 5 heteroatoms. The third kappa shape index (κ3) is 4.35. The van der Waals surface area contributed by atoms with Gasteiger partial charge >= 0.3 is 6.03 Å². The molecule has 132 valence electrons. The van der Waals surface area contributed by atoms with E-state index in [0.29, 0.717) is 24.9 Å². The largest absolute Gasteiger partial charge is 0.336 e. The van der Waals surface area contributed by atoms with Crippen molar-refractivity contribution in [1.82, 2.24) is 15.5 Å². The monoisotopic (exact) mass is 331 g/mol. The Hall–Kier alpha value is -1.88. The summed E-state index contributed by atoms with van der Waals surface area (Å²) >= 11 is 0. The highest BCUT2D eigenvalue weighted by Gasteiger charge is 2.26. The van der Waals surface area contributed by atoms with E-state index in [1.54, 1.807) is 0 Å². The molecule has 0 aromatic heterocycles. The second kappa shape index (κ2) is 8.29. The molecule has 0 spiro atoms. The van der Waals surface area contributed by atoms with E-state index in [1.165, 1.54) is 16.0 Å². The summed E-state index contributed by atoms with van der Waals surface area (Å²) in [5.74, 6) is 0.728. The smallest absolute Gasteiger partial charge is 0.324 e. The first kappa shape index (κ1) is 18.5. The van der Waals surface area contributed by atoms with Gasteiger partial charge in [-0.2, -0.15) is 0 Å². The van der Waals surface area contributed by atoms with Crippen molar-refractivity contribution in [1.29, 1.82) is 0 Å². The van der Waals surface area contributed by atoms with Crippen LogP contribution in [-0.2, 0) is 4.79 Å². The van der Waals surface area contributed by atoms with Crippen LogP contribution in [-0.4, -0.2) is 36.5 Å². The van der Waals surface area contributed by atoms with Crippen LogP contribution in [0.1, 0.15) is 57.2 Å². The average molecular weight is 331 g/mol. The fourth-order valence-corrected chi connectivity index (χ4v) is 3.01. The summed E-state index contributed by atoms with van der Waals surface area (Å²) in [5.41, 5.74) is 2.52. The summed E-state index contributed by atoms with van der Waals surface area (Å²) in [6.07, 6.45) is 1.12. The first-order valence-corrected chi connectivity index (χ1v) is 8.85. The molecule has 2 N–H and O–H groups in total. The molecule has 24 heavy (non-hydrogen) atoms. The van der Waals surface area contributed by atoms with E-state index in [4.69, 9.17) is 0 Å². The number of carbonyl (C=O) groups is 2. The van der Waals surface area contributed by atoms with Crippen LogP contribution < -0.4 is 10.6 Å². The molecule has 1 aromatic rings. The van der Waals surface area contributed by atoms with E-state index in [-0.39, 0.29) is 24.5 Å². The summed E-state index contributed by atoms with van der Waals surface area (Å²) in [4.78, 5) is 25.0. The highest BCUT2D eigenvalue weighted by molar-refractivity contribution is 5.96. The van der Waals surface area contributed by atoms with Crippen LogP contribution in [0.3, 0.4) is 0 Å². The van der Waals surface area contributed by atoms with Crippen LogP contribution in [0.15, 0.2) is 24.3 Å². The lowest BCUT2D eigenvalue weighted by Gasteiger charge is -2.24. The maximum Gasteiger partial charge on any atom is 0.324 e. The first-order valence-electron chi connectivity index (χ1n) is 8.85. The molecule has 1 aromatic carbocycles. The Morgan fingerprint density at radius 2 is 1.83 bits per heavy atom. The van der Waals surface area contributed by atoms with E-state index < -0.39 is 0 Å². The van der Waals surface area contributed by atoms with Gasteiger partial charge in [-0.3, -0.25) is 9.69 Å². The predicted octanol–water partition coefficient (Wildman–Crippen LogP) is 3.04. The number of benzene rings is 1. The molecule has 0 bridgehead atoms. The van der Waals surface area contributed by atoms with E-state index in [0.717, 1.165) is 6.42 Å². The molecule has 1 aliphatic heterocycles. The summed E-state index contributed by atoms with van der Waals surface area (Å²) in [5, 5.41) is 5.98. The van der Waals surface area contributed by atoms with Crippen LogP contribution >= 0.6 is 0 Å². The molecule has 1 fully saturated rings. The Kier molecular flexibility index (Phi) is 6.37.